The van der Waals surface area contributed by atoms with Crippen LogP contribution in [-0.2, 0) is 0 Å². The fourth-order valence-corrected chi connectivity index (χ4v) is 3.87. The molecule has 0 spiro atoms. The van der Waals surface area contributed by atoms with Crippen molar-refractivity contribution < 1.29 is 0 Å². The summed E-state index contributed by atoms with van der Waals surface area (Å²) in [4.78, 5) is 0. The molecule has 0 aromatic carbocycles. The molecule has 0 N–H and O–H groups in total. The molecule has 2 bridgehead atoms. The highest BCUT2D eigenvalue weighted by atomic mass is 14.6. The molecule has 0 heteroatoms. The Hall–Kier alpha value is -0.520. The molecule has 0 nitrogen and oxygen atoms in total. The minimum atomic E-state index is 0.534. The Labute approximate surface area is 74.4 Å². The second-order valence-corrected chi connectivity index (χ2v) is 5.06. The van der Waals surface area contributed by atoms with Crippen LogP contribution in [0.3, 0.4) is 0 Å². The molecule has 0 unspecified atom stereocenters. The summed E-state index contributed by atoms with van der Waals surface area (Å²) in [6, 6.07) is 0. The Bertz CT molecular complexity index is 284. The van der Waals surface area contributed by atoms with E-state index < -0.39 is 0 Å². The Morgan fingerprint density at radius 3 is 3.08 bits per heavy atom. The van der Waals surface area contributed by atoms with E-state index in [1.165, 1.54) is 12.8 Å². The zero-order chi connectivity index (χ0) is 8.34. The van der Waals surface area contributed by atoms with E-state index in [1.807, 2.05) is 0 Å². The molecular weight excluding hydrogens is 144 g/mol. The standard InChI is InChI=1S/C12H16/c1-8-3-4-10-9-5-6-12(2,7-9)11(8)10/h3,5-6,9-11H,4,7H2,1-2H3/t9-,10-,11-,12+/m0/s1. The van der Waals surface area contributed by atoms with Gasteiger partial charge in [-0.15, -0.1) is 0 Å². The highest BCUT2D eigenvalue weighted by Crippen LogP contribution is 2.62. The Morgan fingerprint density at radius 2 is 2.33 bits per heavy atom. The first kappa shape index (κ1) is 6.94. The molecule has 4 atom stereocenters. The SMILES string of the molecule is CC1=CC[C@H]2[C@H]3C=C[C@](C)(C3)[C@@H]12. The average Bonchev–Trinajstić information content (AvgIpc) is 2.61. The third-order valence-electron chi connectivity index (χ3n) is 4.29. The smallest absolute Gasteiger partial charge is 0.00724 e. The van der Waals surface area contributed by atoms with Gasteiger partial charge in [0.15, 0.2) is 0 Å². The van der Waals surface area contributed by atoms with Crippen molar-refractivity contribution in [1.29, 1.82) is 0 Å². The maximum absolute atomic E-state index is 2.47. The van der Waals surface area contributed by atoms with Gasteiger partial charge in [0.2, 0.25) is 0 Å². The van der Waals surface area contributed by atoms with Crippen LogP contribution in [0.15, 0.2) is 23.8 Å². The van der Waals surface area contributed by atoms with Crippen LogP contribution in [0.4, 0.5) is 0 Å². The van der Waals surface area contributed by atoms with Gasteiger partial charge in [0.1, 0.15) is 0 Å². The van der Waals surface area contributed by atoms with Gasteiger partial charge in [0.25, 0.3) is 0 Å². The monoisotopic (exact) mass is 160 g/mol. The fraction of sp³-hybridized carbons (Fsp3) is 0.667. The van der Waals surface area contributed by atoms with Crippen molar-refractivity contribution in [2.45, 2.75) is 26.7 Å². The topological polar surface area (TPSA) is 0 Å². The lowest BCUT2D eigenvalue weighted by atomic mass is 9.74. The minimum Gasteiger partial charge on any atom is -0.0850 e. The van der Waals surface area contributed by atoms with Crippen LogP contribution in [0.1, 0.15) is 26.7 Å². The summed E-state index contributed by atoms with van der Waals surface area (Å²) in [7, 11) is 0. The highest BCUT2D eigenvalue weighted by Gasteiger charge is 2.53. The molecule has 3 rings (SSSR count). The van der Waals surface area contributed by atoms with E-state index in [9.17, 15) is 0 Å². The molecule has 64 valence electrons. The first-order valence-electron chi connectivity index (χ1n) is 5.07. The molecule has 0 aliphatic heterocycles. The maximum atomic E-state index is 2.47. The fourth-order valence-electron chi connectivity index (χ4n) is 3.87. The molecule has 0 aromatic rings. The minimum absolute atomic E-state index is 0.534. The summed E-state index contributed by atoms with van der Waals surface area (Å²) < 4.78 is 0. The molecule has 0 saturated heterocycles. The third kappa shape index (κ3) is 0.608. The molecule has 12 heavy (non-hydrogen) atoms. The molecule has 0 aromatic heterocycles. The van der Waals surface area contributed by atoms with Crippen LogP contribution >= 0.6 is 0 Å². The van der Waals surface area contributed by atoms with Gasteiger partial charge in [-0.2, -0.15) is 0 Å². The predicted octanol–water partition coefficient (Wildman–Crippen LogP) is 3.16. The van der Waals surface area contributed by atoms with Crippen molar-refractivity contribution in [3.8, 4) is 0 Å². The summed E-state index contributed by atoms with van der Waals surface area (Å²) in [6.45, 7) is 4.77. The van der Waals surface area contributed by atoms with Gasteiger partial charge < -0.3 is 0 Å². The van der Waals surface area contributed by atoms with E-state index in [0.717, 1.165) is 17.8 Å². The van der Waals surface area contributed by atoms with Gasteiger partial charge in [-0.05, 0) is 42.9 Å². The largest absolute Gasteiger partial charge is 0.0850 e. The zero-order valence-electron chi connectivity index (χ0n) is 7.88. The highest BCUT2D eigenvalue weighted by molar-refractivity contribution is 5.31. The number of allylic oxidation sites excluding steroid dienone is 4. The van der Waals surface area contributed by atoms with Gasteiger partial charge >= 0.3 is 0 Å². The summed E-state index contributed by atoms with van der Waals surface area (Å²) in [5, 5.41) is 0. The van der Waals surface area contributed by atoms with Crippen molar-refractivity contribution in [2.24, 2.45) is 23.2 Å². The Morgan fingerprint density at radius 1 is 1.50 bits per heavy atom. The van der Waals surface area contributed by atoms with E-state index in [2.05, 4.69) is 32.1 Å². The van der Waals surface area contributed by atoms with Crippen molar-refractivity contribution in [1.82, 2.24) is 0 Å². The lowest BCUT2D eigenvalue weighted by Crippen LogP contribution is -2.23. The summed E-state index contributed by atoms with van der Waals surface area (Å²) >= 11 is 0. The quantitative estimate of drug-likeness (QED) is 0.477. The van der Waals surface area contributed by atoms with E-state index in [-0.39, 0.29) is 0 Å². The molecule has 0 heterocycles. The van der Waals surface area contributed by atoms with Gasteiger partial charge in [-0.3, -0.25) is 0 Å². The van der Waals surface area contributed by atoms with Gasteiger partial charge in [0.05, 0.1) is 0 Å². The number of hydrogen-bond donors (Lipinski definition) is 0. The number of rotatable bonds is 0. The van der Waals surface area contributed by atoms with Crippen molar-refractivity contribution >= 4 is 0 Å². The summed E-state index contributed by atoms with van der Waals surface area (Å²) in [6.07, 6.45) is 10.2. The van der Waals surface area contributed by atoms with Crippen LogP contribution in [-0.4, -0.2) is 0 Å². The molecular formula is C12H16. The van der Waals surface area contributed by atoms with Crippen molar-refractivity contribution in [3.63, 3.8) is 0 Å². The van der Waals surface area contributed by atoms with Crippen molar-refractivity contribution in [2.75, 3.05) is 0 Å². The predicted molar refractivity (Wildman–Crippen MR) is 50.7 cm³/mol. The van der Waals surface area contributed by atoms with Gasteiger partial charge in [0, 0.05) is 0 Å². The van der Waals surface area contributed by atoms with E-state index in [4.69, 9.17) is 0 Å². The van der Waals surface area contributed by atoms with Crippen LogP contribution in [0.2, 0.25) is 0 Å². The van der Waals surface area contributed by atoms with Crippen LogP contribution in [0.25, 0.3) is 0 Å². The van der Waals surface area contributed by atoms with Crippen molar-refractivity contribution in [3.05, 3.63) is 23.8 Å². The molecule has 0 amide bonds. The lowest BCUT2D eigenvalue weighted by Gasteiger charge is -2.30. The molecule has 1 fully saturated rings. The Balaban J connectivity index is 2.09. The summed E-state index contributed by atoms with van der Waals surface area (Å²) in [5.41, 5.74) is 2.20. The van der Waals surface area contributed by atoms with Crippen LogP contribution in [0.5, 0.6) is 0 Å². The van der Waals surface area contributed by atoms with Gasteiger partial charge in [-0.1, -0.05) is 30.7 Å². The second-order valence-electron chi connectivity index (χ2n) is 5.06. The molecule has 0 radical (unpaired) electrons. The van der Waals surface area contributed by atoms with E-state index in [1.54, 1.807) is 5.57 Å². The zero-order valence-corrected chi connectivity index (χ0v) is 7.88. The number of hydrogen-bond acceptors (Lipinski definition) is 0. The van der Waals surface area contributed by atoms with E-state index >= 15 is 0 Å². The normalized spacial score (nSPS) is 54.5. The maximum Gasteiger partial charge on any atom is -0.00724 e. The Kier molecular flexibility index (Phi) is 1.08. The average molecular weight is 160 g/mol. The first-order valence-corrected chi connectivity index (χ1v) is 5.07. The lowest BCUT2D eigenvalue weighted by molar-refractivity contribution is 0.304. The van der Waals surface area contributed by atoms with E-state index in [0.29, 0.717) is 5.41 Å². The van der Waals surface area contributed by atoms with Crippen LogP contribution < -0.4 is 0 Å². The van der Waals surface area contributed by atoms with Crippen LogP contribution in [0, 0.1) is 23.2 Å². The molecule has 3 aliphatic carbocycles. The molecule has 1 saturated carbocycles. The van der Waals surface area contributed by atoms with Gasteiger partial charge in [-0.25, -0.2) is 0 Å². The summed E-state index contributed by atoms with van der Waals surface area (Å²) in [5.74, 6) is 2.78. The second kappa shape index (κ2) is 1.86. The molecule has 3 aliphatic rings. The first-order chi connectivity index (χ1) is 5.71. The third-order valence-corrected chi connectivity index (χ3v) is 4.29. The number of fused-ring (bicyclic) bond motifs is 5.